The van der Waals surface area contributed by atoms with Gasteiger partial charge in [0.15, 0.2) is 0 Å². The first kappa shape index (κ1) is 16.0. The van der Waals surface area contributed by atoms with Gasteiger partial charge in [-0.2, -0.15) is 0 Å². The van der Waals surface area contributed by atoms with Crippen LogP contribution < -0.4 is 0 Å². The van der Waals surface area contributed by atoms with Gasteiger partial charge >= 0.3 is 0 Å². The van der Waals surface area contributed by atoms with Gasteiger partial charge in [-0.05, 0) is 36.5 Å². The zero-order valence-electron chi connectivity index (χ0n) is 12.0. The zero-order chi connectivity index (χ0) is 15.6. The smallest absolute Gasteiger partial charge is 0.242 e. The van der Waals surface area contributed by atoms with E-state index in [9.17, 15) is 12.8 Å². The number of benzene rings is 1. The fourth-order valence-corrected chi connectivity index (χ4v) is 3.39. The van der Waals surface area contributed by atoms with E-state index in [4.69, 9.17) is 5.11 Å². The highest BCUT2D eigenvalue weighted by molar-refractivity contribution is 7.89. The summed E-state index contributed by atoms with van der Waals surface area (Å²) in [6.07, 6.45) is 1.03. The van der Waals surface area contributed by atoms with Crippen LogP contribution in [0.15, 0.2) is 23.1 Å². The minimum absolute atomic E-state index is 0.0708. The fourth-order valence-electron chi connectivity index (χ4n) is 2.15. The standard InChI is InChI=1S/C15H18FNO3S/c1-11-8-13(11)10-17(2)21(19,20)14-6-5-12(4-3-7-18)15(16)9-14/h5-6,9,11,13,18H,7-8,10H2,1-2H3. The molecule has 2 unspecified atom stereocenters. The number of aliphatic hydroxyl groups excluding tert-OH is 1. The van der Waals surface area contributed by atoms with E-state index < -0.39 is 15.8 Å². The Bertz CT molecular complexity index is 691. The number of nitrogens with zero attached hydrogens (tertiary/aromatic N) is 1. The van der Waals surface area contributed by atoms with Crippen LogP contribution in [0, 0.1) is 29.5 Å². The first-order valence-electron chi connectivity index (χ1n) is 6.72. The molecular formula is C15H18FNO3S. The van der Waals surface area contributed by atoms with E-state index in [1.54, 1.807) is 0 Å². The molecule has 0 amide bonds. The second-order valence-corrected chi connectivity index (χ2v) is 7.41. The lowest BCUT2D eigenvalue weighted by atomic mass is 10.2. The van der Waals surface area contributed by atoms with Crippen molar-refractivity contribution in [1.82, 2.24) is 4.31 Å². The molecule has 1 aromatic rings. The molecule has 1 aliphatic rings. The summed E-state index contributed by atoms with van der Waals surface area (Å²) in [4.78, 5) is -0.0784. The normalized spacial score (nSPS) is 21.0. The average Bonchev–Trinajstić information content (AvgIpc) is 3.12. The first-order valence-corrected chi connectivity index (χ1v) is 8.16. The van der Waals surface area contributed by atoms with E-state index in [-0.39, 0.29) is 17.1 Å². The van der Waals surface area contributed by atoms with Crippen LogP contribution in [0.3, 0.4) is 0 Å². The van der Waals surface area contributed by atoms with Crippen LogP contribution in [0.5, 0.6) is 0 Å². The van der Waals surface area contributed by atoms with Crippen molar-refractivity contribution in [2.45, 2.75) is 18.2 Å². The third kappa shape index (κ3) is 3.62. The number of hydrogen-bond donors (Lipinski definition) is 1. The Hall–Kier alpha value is -1.42. The Labute approximate surface area is 124 Å². The lowest BCUT2D eigenvalue weighted by Gasteiger charge is -2.17. The maximum absolute atomic E-state index is 13.8. The molecule has 1 aliphatic carbocycles. The summed E-state index contributed by atoms with van der Waals surface area (Å²) in [5.41, 5.74) is 0.0708. The van der Waals surface area contributed by atoms with E-state index >= 15 is 0 Å². The predicted molar refractivity (Wildman–Crippen MR) is 77.5 cm³/mol. The number of rotatable bonds is 4. The molecule has 0 saturated heterocycles. The Morgan fingerprint density at radius 1 is 1.48 bits per heavy atom. The lowest BCUT2D eigenvalue weighted by molar-refractivity contribution is 0.350. The summed E-state index contributed by atoms with van der Waals surface area (Å²) < 4.78 is 39.8. The highest BCUT2D eigenvalue weighted by atomic mass is 32.2. The Morgan fingerprint density at radius 3 is 2.67 bits per heavy atom. The molecule has 0 radical (unpaired) electrons. The SMILES string of the molecule is CC1CC1CN(C)S(=O)(=O)c1ccc(C#CCO)c(F)c1. The second-order valence-electron chi connectivity index (χ2n) is 5.36. The third-order valence-corrected chi connectivity index (χ3v) is 5.54. The van der Waals surface area contributed by atoms with Crippen LogP contribution in [0.2, 0.25) is 0 Å². The van der Waals surface area contributed by atoms with Crippen molar-refractivity contribution in [2.75, 3.05) is 20.2 Å². The minimum Gasteiger partial charge on any atom is -0.384 e. The molecule has 0 spiro atoms. The van der Waals surface area contributed by atoms with Crippen molar-refractivity contribution in [3.8, 4) is 11.8 Å². The Kier molecular flexibility index (Phi) is 4.67. The molecule has 0 aromatic heterocycles. The summed E-state index contributed by atoms with van der Waals surface area (Å²) in [7, 11) is -2.17. The molecule has 0 aliphatic heterocycles. The van der Waals surface area contributed by atoms with Crippen molar-refractivity contribution in [2.24, 2.45) is 11.8 Å². The van der Waals surface area contributed by atoms with Crippen LogP contribution in [0.25, 0.3) is 0 Å². The molecule has 0 heterocycles. The van der Waals surface area contributed by atoms with Gasteiger partial charge in [-0.1, -0.05) is 18.8 Å². The quantitative estimate of drug-likeness (QED) is 0.856. The average molecular weight is 311 g/mol. The Balaban J connectivity index is 2.21. The maximum atomic E-state index is 13.8. The van der Waals surface area contributed by atoms with Gasteiger partial charge in [0.05, 0.1) is 10.5 Å². The van der Waals surface area contributed by atoms with Crippen molar-refractivity contribution in [1.29, 1.82) is 0 Å². The number of hydrogen-bond acceptors (Lipinski definition) is 3. The van der Waals surface area contributed by atoms with E-state index in [2.05, 4.69) is 18.8 Å². The number of halogens is 1. The van der Waals surface area contributed by atoms with Gasteiger partial charge in [0.2, 0.25) is 10.0 Å². The van der Waals surface area contributed by atoms with Crippen LogP contribution in [0.4, 0.5) is 4.39 Å². The molecule has 2 atom stereocenters. The zero-order valence-corrected chi connectivity index (χ0v) is 12.8. The van der Waals surface area contributed by atoms with Crippen molar-refractivity contribution >= 4 is 10.0 Å². The molecule has 1 saturated carbocycles. The van der Waals surface area contributed by atoms with Gasteiger partial charge in [-0.25, -0.2) is 17.1 Å². The van der Waals surface area contributed by atoms with Gasteiger partial charge in [-0.15, -0.1) is 0 Å². The van der Waals surface area contributed by atoms with Crippen LogP contribution in [0.1, 0.15) is 18.9 Å². The molecule has 0 bridgehead atoms. The van der Waals surface area contributed by atoms with Crippen LogP contribution in [-0.4, -0.2) is 38.0 Å². The summed E-state index contributed by atoms with van der Waals surface area (Å²) in [5.74, 6) is 5.01. The van der Waals surface area contributed by atoms with Gasteiger partial charge in [-0.3, -0.25) is 0 Å². The van der Waals surface area contributed by atoms with Gasteiger partial charge in [0, 0.05) is 13.6 Å². The maximum Gasteiger partial charge on any atom is 0.242 e. The molecule has 1 fully saturated rings. The summed E-state index contributed by atoms with van der Waals surface area (Å²) in [5, 5.41) is 8.59. The number of aliphatic hydroxyl groups is 1. The number of sulfonamides is 1. The fraction of sp³-hybridized carbons (Fsp3) is 0.467. The molecule has 21 heavy (non-hydrogen) atoms. The highest BCUT2D eigenvalue weighted by Crippen LogP contribution is 2.38. The van der Waals surface area contributed by atoms with E-state index in [1.165, 1.54) is 23.5 Å². The Morgan fingerprint density at radius 2 is 2.14 bits per heavy atom. The molecule has 114 valence electrons. The summed E-state index contributed by atoms with van der Waals surface area (Å²) in [6.45, 7) is 2.17. The largest absolute Gasteiger partial charge is 0.384 e. The topological polar surface area (TPSA) is 57.6 Å². The lowest BCUT2D eigenvalue weighted by Crippen LogP contribution is -2.29. The second kappa shape index (κ2) is 6.14. The van der Waals surface area contributed by atoms with Gasteiger partial charge < -0.3 is 5.11 Å². The van der Waals surface area contributed by atoms with E-state index in [0.717, 1.165) is 12.5 Å². The van der Waals surface area contributed by atoms with Crippen molar-refractivity contribution in [3.05, 3.63) is 29.6 Å². The predicted octanol–water partition coefficient (Wildman–Crippen LogP) is 1.45. The van der Waals surface area contributed by atoms with E-state index in [0.29, 0.717) is 18.4 Å². The van der Waals surface area contributed by atoms with Crippen molar-refractivity contribution < 1.29 is 17.9 Å². The van der Waals surface area contributed by atoms with E-state index in [1.807, 2.05) is 0 Å². The molecular weight excluding hydrogens is 293 g/mol. The molecule has 6 heteroatoms. The molecule has 2 rings (SSSR count). The van der Waals surface area contributed by atoms with Crippen LogP contribution >= 0.6 is 0 Å². The third-order valence-electron chi connectivity index (χ3n) is 3.72. The molecule has 1 aromatic carbocycles. The van der Waals surface area contributed by atoms with Gasteiger partial charge in [0.1, 0.15) is 12.4 Å². The van der Waals surface area contributed by atoms with Crippen LogP contribution in [-0.2, 0) is 10.0 Å². The summed E-state index contributed by atoms with van der Waals surface area (Å²) in [6, 6.07) is 3.63. The monoisotopic (exact) mass is 311 g/mol. The minimum atomic E-state index is -3.68. The highest BCUT2D eigenvalue weighted by Gasteiger charge is 2.36. The van der Waals surface area contributed by atoms with Crippen molar-refractivity contribution in [3.63, 3.8) is 0 Å². The van der Waals surface area contributed by atoms with Gasteiger partial charge in [0.25, 0.3) is 0 Å². The molecule has 4 nitrogen and oxygen atoms in total. The summed E-state index contributed by atoms with van der Waals surface area (Å²) >= 11 is 0. The first-order chi connectivity index (χ1) is 9.86. The molecule has 1 N–H and O–H groups in total.